The summed E-state index contributed by atoms with van der Waals surface area (Å²) in [4.78, 5) is 5.40. The van der Waals surface area contributed by atoms with Crippen LogP contribution in [0.2, 0.25) is 0 Å². The summed E-state index contributed by atoms with van der Waals surface area (Å²) in [5.41, 5.74) is 6.86. The second-order valence-corrected chi connectivity index (χ2v) is 4.10. The van der Waals surface area contributed by atoms with Crippen molar-refractivity contribution in [2.75, 3.05) is 20.1 Å². The number of hydrogen-bond acceptors (Lipinski definition) is 2. The Labute approximate surface area is 86.3 Å². The molecule has 1 rings (SSSR count). The first-order valence-electron chi connectivity index (χ1n) is 5.22. The second-order valence-electron chi connectivity index (χ2n) is 4.10. The lowest BCUT2D eigenvalue weighted by Gasteiger charge is -2.20. The summed E-state index contributed by atoms with van der Waals surface area (Å²) in [6.07, 6.45) is 5.12. The number of H-pyrrole nitrogens is 1. The van der Waals surface area contributed by atoms with E-state index in [1.54, 1.807) is 0 Å². The molecule has 3 N–H and O–H groups in total. The maximum Gasteiger partial charge on any atom is 0.0245 e. The number of aromatic amines is 1. The molecule has 0 bridgehead atoms. The van der Waals surface area contributed by atoms with Gasteiger partial charge in [0.15, 0.2) is 0 Å². The number of aromatic nitrogens is 1. The molecule has 1 unspecified atom stereocenters. The van der Waals surface area contributed by atoms with Crippen molar-refractivity contribution >= 4 is 0 Å². The summed E-state index contributed by atoms with van der Waals surface area (Å²) in [6, 6.07) is 2.12. The Morgan fingerprint density at radius 1 is 1.57 bits per heavy atom. The van der Waals surface area contributed by atoms with Gasteiger partial charge in [0.2, 0.25) is 0 Å². The summed E-state index contributed by atoms with van der Waals surface area (Å²) in [5, 5.41) is 0. The lowest BCUT2D eigenvalue weighted by Crippen LogP contribution is -2.25. The molecule has 1 heterocycles. The van der Waals surface area contributed by atoms with Crippen molar-refractivity contribution in [2.45, 2.75) is 19.9 Å². The molecule has 0 radical (unpaired) electrons. The molecule has 1 aromatic heterocycles. The maximum absolute atomic E-state index is 5.52. The number of nitrogens with two attached hydrogens (primary N) is 1. The van der Waals surface area contributed by atoms with Crippen LogP contribution in [0.5, 0.6) is 0 Å². The zero-order chi connectivity index (χ0) is 10.4. The minimum Gasteiger partial charge on any atom is -0.367 e. The van der Waals surface area contributed by atoms with Crippen LogP contribution in [0.25, 0.3) is 0 Å². The van der Waals surface area contributed by atoms with E-state index in [0.29, 0.717) is 5.92 Å². The van der Waals surface area contributed by atoms with E-state index in [4.69, 9.17) is 5.73 Å². The fraction of sp³-hybridized carbons (Fsp3) is 0.636. The number of nitrogens with one attached hydrogen (secondary N) is 1. The van der Waals surface area contributed by atoms with Gasteiger partial charge in [0.1, 0.15) is 0 Å². The highest BCUT2D eigenvalue weighted by Crippen LogP contribution is 2.06. The topological polar surface area (TPSA) is 45.0 Å². The van der Waals surface area contributed by atoms with Gasteiger partial charge in [-0.3, -0.25) is 0 Å². The van der Waals surface area contributed by atoms with E-state index in [1.165, 1.54) is 5.56 Å². The van der Waals surface area contributed by atoms with Crippen LogP contribution in [0.4, 0.5) is 0 Å². The third-order valence-corrected chi connectivity index (χ3v) is 2.40. The first kappa shape index (κ1) is 11.3. The highest BCUT2D eigenvalue weighted by atomic mass is 15.1. The minimum atomic E-state index is 0.684. The Morgan fingerprint density at radius 2 is 2.36 bits per heavy atom. The second kappa shape index (κ2) is 5.83. The van der Waals surface area contributed by atoms with Gasteiger partial charge in [-0.1, -0.05) is 6.92 Å². The van der Waals surface area contributed by atoms with Gasteiger partial charge >= 0.3 is 0 Å². The van der Waals surface area contributed by atoms with Gasteiger partial charge in [0, 0.05) is 25.5 Å². The maximum atomic E-state index is 5.52. The average molecular weight is 195 g/mol. The molecule has 1 atom stereocenters. The Morgan fingerprint density at radius 3 is 2.93 bits per heavy atom. The van der Waals surface area contributed by atoms with Crippen LogP contribution in [0.15, 0.2) is 18.5 Å². The van der Waals surface area contributed by atoms with Crippen molar-refractivity contribution in [2.24, 2.45) is 11.7 Å². The van der Waals surface area contributed by atoms with Gasteiger partial charge in [-0.05, 0) is 37.6 Å². The largest absolute Gasteiger partial charge is 0.367 e. The predicted molar refractivity (Wildman–Crippen MR) is 60.0 cm³/mol. The fourth-order valence-electron chi connectivity index (χ4n) is 1.74. The lowest BCUT2D eigenvalue weighted by atomic mass is 10.1. The van der Waals surface area contributed by atoms with Crippen molar-refractivity contribution in [1.82, 2.24) is 9.88 Å². The van der Waals surface area contributed by atoms with Crippen LogP contribution >= 0.6 is 0 Å². The number of hydrogen-bond donors (Lipinski definition) is 2. The third-order valence-electron chi connectivity index (χ3n) is 2.40. The Hall–Kier alpha value is -0.800. The summed E-state index contributed by atoms with van der Waals surface area (Å²) in [6.45, 7) is 5.17. The van der Waals surface area contributed by atoms with E-state index >= 15 is 0 Å². The molecule has 0 aliphatic heterocycles. The molecule has 0 aromatic carbocycles. The highest BCUT2D eigenvalue weighted by Gasteiger charge is 2.06. The molecule has 1 aromatic rings. The summed E-state index contributed by atoms with van der Waals surface area (Å²) in [7, 11) is 2.15. The molecule has 0 saturated carbocycles. The van der Waals surface area contributed by atoms with Gasteiger partial charge in [-0.25, -0.2) is 0 Å². The Bertz CT molecular complexity index is 231. The van der Waals surface area contributed by atoms with E-state index in [2.05, 4.69) is 29.9 Å². The first-order valence-corrected chi connectivity index (χ1v) is 5.22. The molecule has 0 fully saturated rings. The summed E-state index contributed by atoms with van der Waals surface area (Å²) < 4.78 is 0. The molecule has 0 spiro atoms. The van der Waals surface area contributed by atoms with Crippen LogP contribution in [0.3, 0.4) is 0 Å². The quantitative estimate of drug-likeness (QED) is 0.721. The zero-order valence-corrected chi connectivity index (χ0v) is 9.16. The molecule has 3 heteroatoms. The molecule has 0 amide bonds. The van der Waals surface area contributed by atoms with E-state index in [0.717, 1.165) is 26.1 Å². The highest BCUT2D eigenvalue weighted by molar-refractivity contribution is 5.07. The fourth-order valence-corrected chi connectivity index (χ4v) is 1.74. The van der Waals surface area contributed by atoms with Gasteiger partial charge in [0.05, 0.1) is 0 Å². The van der Waals surface area contributed by atoms with Crippen LogP contribution in [-0.2, 0) is 6.54 Å². The molecular weight excluding hydrogens is 174 g/mol. The molecule has 0 saturated heterocycles. The number of rotatable bonds is 6. The lowest BCUT2D eigenvalue weighted by molar-refractivity contribution is 0.273. The molecule has 0 aliphatic rings. The van der Waals surface area contributed by atoms with E-state index in [1.807, 2.05) is 12.4 Å². The first-order chi connectivity index (χ1) is 6.72. The van der Waals surface area contributed by atoms with Gasteiger partial charge in [0.25, 0.3) is 0 Å². The monoisotopic (exact) mass is 195 g/mol. The van der Waals surface area contributed by atoms with Gasteiger partial charge in [-0.2, -0.15) is 0 Å². The van der Waals surface area contributed by atoms with Crippen LogP contribution in [0.1, 0.15) is 18.9 Å². The van der Waals surface area contributed by atoms with Crippen LogP contribution < -0.4 is 5.73 Å². The molecular formula is C11H21N3. The van der Waals surface area contributed by atoms with Crippen molar-refractivity contribution in [3.8, 4) is 0 Å². The van der Waals surface area contributed by atoms with Crippen LogP contribution in [0, 0.1) is 5.92 Å². The van der Waals surface area contributed by atoms with Gasteiger partial charge in [-0.15, -0.1) is 0 Å². The van der Waals surface area contributed by atoms with E-state index < -0.39 is 0 Å². The smallest absolute Gasteiger partial charge is 0.0245 e. The normalized spacial score (nSPS) is 13.4. The van der Waals surface area contributed by atoms with E-state index in [9.17, 15) is 0 Å². The SMILES string of the molecule is CC(CCN)CN(C)Cc1cc[nH]c1. The standard InChI is InChI=1S/C11H21N3/c1-10(3-5-12)8-14(2)9-11-4-6-13-7-11/h4,6-7,10,13H,3,5,8-9,12H2,1-2H3. The molecule has 3 nitrogen and oxygen atoms in total. The summed E-state index contributed by atoms with van der Waals surface area (Å²) in [5.74, 6) is 0.684. The van der Waals surface area contributed by atoms with Crippen molar-refractivity contribution in [3.63, 3.8) is 0 Å². The van der Waals surface area contributed by atoms with Crippen molar-refractivity contribution in [3.05, 3.63) is 24.0 Å². The van der Waals surface area contributed by atoms with Gasteiger partial charge < -0.3 is 15.6 Å². The molecule has 80 valence electrons. The molecule has 14 heavy (non-hydrogen) atoms. The predicted octanol–water partition coefficient (Wildman–Crippen LogP) is 1.43. The van der Waals surface area contributed by atoms with Crippen molar-refractivity contribution in [1.29, 1.82) is 0 Å². The average Bonchev–Trinajstić information content (AvgIpc) is 2.56. The molecule has 0 aliphatic carbocycles. The Kier molecular flexibility index (Phi) is 4.70. The van der Waals surface area contributed by atoms with Crippen LogP contribution in [-0.4, -0.2) is 30.0 Å². The van der Waals surface area contributed by atoms with E-state index in [-0.39, 0.29) is 0 Å². The van der Waals surface area contributed by atoms with Crippen molar-refractivity contribution < 1.29 is 0 Å². The summed E-state index contributed by atoms with van der Waals surface area (Å²) >= 11 is 0. The Balaban J connectivity index is 2.25. The minimum absolute atomic E-state index is 0.684. The third kappa shape index (κ3) is 3.94. The zero-order valence-electron chi connectivity index (χ0n) is 9.16. The number of nitrogens with zero attached hydrogens (tertiary/aromatic N) is 1.